The number of ether oxygens (including phenoxy) is 3. The Kier molecular flexibility index (Phi) is 6.34. The normalized spacial score (nSPS) is 12.6. The molecule has 1 aromatic carbocycles. The lowest BCUT2D eigenvalue weighted by Gasteiger charge is -2.13. The van der Waals surface area contributed by atoms with Crippen molar-refractivity contribution < 1.29 is 24.1 Å². The van der Waals surface area contributed by atoms with Gasteiger partial charge in [-0.2, -0.15) is 5.11 Å². The summed E-state index contributed by atoms with van der Waals surface area (Å²) >= 11 is 0. The Bertz CT molecular complexity index is 495. The van der Waals surface area contributed by atoms with Gasteiger partial charge in [0, 0.05) is 14.2 Å². The number of carbonyl (C=O) groups excluding carboxylic acids is 1. The van der Waals surface area contributed by atoms with Gasteiger partial charge >= 0.3 is 5.97 Å². The molecule has 108 valence electrons. The highest BCUT2D eigenvalue weighted by Gasteiger charge is 2.23. The molecule has 0 bridgehead atoms. The van der Waals surface area contributed by atoms with E-state index in [0.29, 0.717) is 5.69 Å². The molecule has 0 saturated carbocycles. The predicted octanol–water partition coefficient (Wildman–Crippen LogP) is 2.33. The van der Waals surface area contributed by atoms with E-state index >= 15 is 0 Å². The molecule has 0 atom stereocenters. The van der Waals surface area contributed by atoms with Gasteiger partial charge in [-0.05, 0) is 12.1 Å². The second-order valence-corrected chi connectivity index (χ2v) is 3.56. The van der Waals surface area contributed by atoms with Crippen molar-refractivity contribution >= 4 is 11.7 Å². The first kappa shape index (κ1) is 15.8. The number of hydrogen-bond acceptors (Lipinski definition) is 7. The van der Waals surface area contributed by atoms with E-state index in [9.17, 15) is 9.90 Å². The van der Waals surface area contributed by atoms with Crippen molar-refractivity contribution in [3.05, 3.63) is 41.8 Å². The van der Waals surface area contributed by atoms with Gasteiger partial charge in [0.2, 0.25) is 12.0 Å². The van der Waals surface area contributed by atoms with Crippen LogP contribution in [-0.4, -0.2) is 38.7 Å². The molecule has 0 aliphatic rings. The summed E-state index contributed by atoms with van der Waals surface area (Å²) in [6, 6.07) is 8.74. The summed E-state index contributed by atoms with van der Waals surface area (Å²) in [6.07, 6.45) is -1.13. The number of methoxy groups -OCH3 is 3. The first-order valence-electron chi connectivity index (χ1n) is 5.67. The lowest BCUT2D eigenvalue weighted by molar-refractivity contribution is -0.137. The Morgan fingerprint density at radius 1 is 1.15 bits per heavy atom. The number of aliphatic hydroxyl groups is 1. The number of azo groups is 1. The number of esters is 1. The van der Waals surface area contributed by atoms with Crippen molar-refractivity contribution in [3.63, 3.8) is 0 Å². The minimum absolute atomic E-state index is 0.384. The molecule has 0 radical (unpaired) electrons. The number of hydrogen-bond donors (Lipinski definition) is 1. The molecule has 0 fully saturated rings. The minimum atomic E-state index is -1.13. The number of benzene rings is 1. The molecule has 0 spiro atoms. The number of aliphatic hydroxyl groups excluding tert-OH is 1. The van der Waals surface area contributed by atoms with Crippen molar-refractivity contribution in [3.8, 4) is 0 Å². The molecule has 0 aliphatic carbocycles. The van der Waals surface area contributed by atoms with Gasteiger partial charge in [0.1, 0.15) is 0 Å². The smallest absolute Gasteiger partial charge is 0.362 e. The number of rotatable bonds is 6. The van der Waals surface area contributed by atoms with E-state index < -0.39 is 18.0 Å². The summed E-state index contributed by atoms with van der Waals surface area (Å²) in [5.41, 5.74) is 0.137. The highest BCUT2D eigenvalue weighted by molar-refractivity contribution is 5.88. The first-order valence-corrected chi connectivity index (χ1v) is 5.67. The summed E-state index contributed by atoms with van der Waals surface area (Å²) in [7, 11) is 3.80. The fourth-order valence-corrected chi connectivity index (χ4v) is 1.33. The third kappa shape index (κ3) is 4.15. The monoisotopic (exact) mass is 280 g/mol. The van der Waals surface area contributed by atoms with E-state index in [1.54, 1.807) is 24.3 Å². The molecule has 7 heteroatoms. The maximum Gasteiger partial charge on any atom is 0.362 e. The fourth-order valence-electron chi connectivity index (χ4n) is 1.33. The van der Waals surface area contributed by atoms with Crippen molar-refractivity contribution in [1.82, 2.24) is 0 Å². The maximum atomic E-state index is 11.6. The van der Waals surface area contributed by atoms with Crippen molar-refractivity contribution in [1.29, 1.82) is 0 Å². The average Bonchev–Trinajstić information content (AvgIpc) is 2.49. The van der Waals surface area contributed by atoms with Crippen LogP contribution in [-0.2, 0) is 19.0 Å². The Balaban J connectivity index is 3.10. The molecule has 0 aliphatic heterocycles. The Morgan fingerprint density at radius 2 is 1.75 bits per heavy atom. The van der Waals surface area contributed by atoms with E-state index in [-0.39, 0.29) is 5.70 Å². The van der Waals surface area contributed by atoms with E-state index in [4.69, 9.17) is 9.47 Å². The highest BCUT2D eigenvalue weighted by Crippen LogP contribution is 2.17. The van der Waals surface area contributed by atoms with E-state index in [0.717, 1.165) is 0 Å². The van der Waals surface area contributed by atoms with Crippen LogP contribution in [0.2, 0.25) is 0 Å². The minimum Gasteiger partial charge on any atom is -0.505 e. The third-order valence-electron chi connectivity index (χ3n) is 2.29. The van der Waals surface area contributed by atoms with Crippen LogP contribution >= 0.6 is 0 Å². The molecular formula is C13H16N2O5. The second-order valence-electron chi connectivity index (χ2n) is 3.56. The maximum absolute atomic E-state index is 11.6. The molecule has 0 saturated heterocycles. The van der Waals surface area contributed by atoms with Crippen LogP contribution < -0.4 is 0 Å². The standard InChI is InChI=1S/C13H16N2O5/c1-18-12(17)10(11(16)13(19-2)20-3)15-14-9-7-5-4-6-8-9/h4-8,13,16H,1-3H3. The molecule has 0 amide bonds. The molecule has 1 rings (SSSR count). The van der Waals surface area contributed by atoms with Crippen molar-refractivity contribution in [2.45, 2.75) is 6.29 Å². The number of carbonyl (C=O) groups is 1. The van der Waals surface area contributed by atoms with E-state index in [2.05, 4.69) is 15.0 Å². The Morgan fingerprint density at radius 3 is 2.25 bits per heavy atom. The SMILES string of the molecule is COC(=O)C(N=Nc1ccccc1)=C(O)C(OC)OC. The van der Waals surface area contributed by atoms with Crippen LogP contribution in [0, 0.1) is 0 Å². The summed E-state index contributed by atoms with van der Waals surface area (Å²) in [6.45, 7) is 0. The zero-order valence-electron chi connectivity index (χ0n) is 11.4. The van der Waals surface area contributed by atoms with Gasteiger partial charge < -0.3 is 19.3 Å². The fraction of sp³-hybridized carbons (Fsp3) is 0.308. The van der Waals surface area contributed by atoms with Crippen LogP contribution in [0.5, 0.6) is 0 Å². The van der Waals surface area contributed by atoms with Crippen LogP contribution in [0.15, 0.2) is 52.0 Å². The molecule has 0 heterocycles. The topological polar surface area (TPSA) is 89.7 Å². The molecule has 1 aromatic rings. The van der Waals surface area contributed by atoms with E-state index in [1.165, 1.54) is 21.3 Å². The summed E-state index contributed by atoms with van der Waals surface area (Å²) in [5, 5.41) is 17.5. The van der Waals surface area contributed by atoms with Gasteiger partial charge in [0.25, 0.3) is 0 Å². The van der Waals surface area contributed by atoms with Gasteiger partial charge in [-0.15, -0.1) is 5.11 Å². The first-order chi connectivity index (χ1) is 9.63. The quantitative estimate of drug-likeness (QED) is 0.284. The molecule has 20 heavy (non-hydrogen) atoms. The van der Waals surface area contributed by atoms with Crippen molar-refractivity contribution in [2.24, 2.45) is 10.2 Å². The largest absolute Gasteiger partial charge is 0.505 e. The zero-order valence-corrected chi connectivity index (χ0v) is 11.4. The molecule has 0 unspecified atom stereocenters. The van der Waals surface area contributed by atoms with Crippen LogP contribution in [0.25, 0.3) is 0 Å². The van der Waals surface area contributed by atoms with Crippen molar-refractivity contribution in [2.75, 3.05) is 21.3 Å². The predicted molar refractivity (Wildman–Crippen MR) is 70.4 cm³/mol. The lowest BCUT2D eigenvalue weighted by Crippen LogP contribution is -2.20. The summed E-state index contributed by atoms with van der Waals surface area (Å²) in [5.74, 6) is -1.36. The summed E-state index contributed by atoms with van der Waals surface area (Å²) in [4.78, 5) is 11.6. The molecule has 1 N–H and O–H groups in total. The number of nitrogens with zero attached hydrogens (tertiary/aromatic N) is 2. The molecule has 0 aromatic heterocycles. The third-order valence-corrected chi connectivity index (χ3v) is 2.29. The summed E-state index contributed by atoms with van der Waals surface area (Å²) < 4.78 is 14.2. The van der Waals surface area contributed by atoms with Gasteiger partial charge in [-0.1, -0.05) is 18.2 Å². The average molecular weight is 280 g/mol. The van der Waals surface area contributed by atoms with Crippen LogP contribution in [0.1, 0.15) is 0 Å². The van der Waals surface area contributed by atoms with Crippen LogP contribution in [0.3, 0.4) is 0 Å². The lowest BCUT2D eigenvalue weighted by atomic mass is 10.3. The highest BCUT2D eigenvalue weighted by atomic mass is 16.7. The zero-order chi connectivity index (χ0) is 15.0. The Hall–Kier alpha value is -2.25. The van der Waals surface area contributed by atoms with Gasteiger partial charge in [0.05, 0.1) is 12.8 Å². The molecular weight excluding hydrogens is 264 g/mol. The van der Waals surface area contributed by atoms with Gasteiger partial charge in [0.15, 0.2) is 5.76 Å². The van der Waals surface area contributed by atoms with Gasteiger partial charge in [-0.25, -0.2) is 4.79 Å². The van der Waals surface area contributed by atoms with Crippen LogP contribution in [0.4, 0.5) is 5.69 Å². The Labute approximate surface area is 116 Å². The van der Waals surface area contributed by atoms with Gasteiger partial charge in [-0.3, -0.25) is 0 Å². The van der Waals surface area contributed by atoms with E-state index in [1.807, 2.05) is 6.07 Å². The second kappa shape index (κ2) is 8.03. The molecule has 7 nitrogen and oxygen atoms in total.